The molecule has 0 spiro atoms. The summed E-state index contributed by atoms with van der Waals surface area (Å²) in [4.78, 5) is 11.7. The van der Waals surface area contributed by atoms with Gasteiger partial charge in [0, 0.05) is 26.7 Å². The molecule has 2 unspecified atom stereocenters. The number of carbonyl (C=O) groups is 1. The maximum Gasteiger partial charge on any atom is 0.224 e. The maximum atomic E-state index is 11.7. The number of carbonyl (C=O) groups excluding carboxylic acids is 1. The number of amides is 1. The fraction of sp³-hybridized carbons (Fsp3) is 0.909. The van der Waals surface area contributed by atoms with Crippen LogP contribution >= 0.6 is 0 Å². The fourth-order valence-corrected chi connectivity index (χ4v) is 3.58. The van der Waals surface area contributed by atoms with E-state index in [0.29, 0.717) is 19.4 Å². The third kappa shape index (κ3) is 4.91. The van der Waals surface area contributed by atoms with Gasteiger partial charge in [0.2, 0.25) is 5.91 Å². The second-order valence-electron chi connectivity index (χ2n) is 5.06. The van der Waals surface area contributed by atoms with E-state index in [-0.39, 0.29) is 24.0 Å². The smallest absolute Gasteiger partial charge is 0.224 e. The highest BCUT2D eigenvalue weighted by Gasteiger charge is 2.33. The Kier molecular flexibility index (Phi) is 5.12. The number of sulfone groups is 1. The Morgan fingerprint density at radius 2 is 2.22 bits per heavy atom. The average Bonchev–Trinajstić information content (AvgIpc) is 2.64. The van der Waals surface area contributed by atoms with E-state index in [4.69, 9.17) is 4.74 Å². The third-order valence-corrected chi connectivity index (χ3v) is 4.86. The van der Waals surface area contributed by atoms with Gasteiger partial charge >= 0.3 is 0 Å². The van der Waals surface area contributed by atoms with E-state index in [1.54, 1.807) is 6.92 Å². The van der Waals surface area contributed by atoms with Crippen LogP contribution in [-0.2, 0) is 19.4 Å². The van der Waals surface area contributed by atoms with Crippen molar-refractivity contribution in [1.29, 1.82) is 0 Å². The van der Waals surface area contributed by atoms with Crippen molar-refractivity contribution in [3.63, 3.8) is 0 Å². The second-order valence-corrected chi connectivity index (χ2v) is 7.29. The van der Waals surface area contributed by atoms with Crippen LogP contribution in [0.5, 0.6) is 0 Å². The van der Waals surface area contributed by atoms with Crippen molar-refractivity contribution >= 4 is 15.7 Å². The molecule has 0 aliphatic carbocycles. The van der Waals surface area contributed by atoms with Gasteiger partial charge in [0.05, 0.1) is 23.0 Å². The third-order valence-electron chi connectivity index (χ3n) is 3.09. The Balaban J connectivity index is 2.37. The summed E-state index contributed by atoms with van der Waals surface area (Å²) in [6.45, 7) is 2.12. The highest BCUT2D eigenvalue weighted by molar-refractivity contribution is 7.91. The predicted octanol–water partition coefficient (Wildman–Crippen LogP) is -0.675. The molecular formula is C11H21NO5S. The zero-order valence-corrected chi connectivity index (χ0v) is 11.6. The molecule has 1 aliphatic heterocycles. The van der Waals surface area contributed by atoms with Crippen molar-refractivity contribution < 1.29 is 23.1 Å². The van der Waals surface area contributed by atoms with E-state index < -0.39 is 21.4 Å². The molecule has 1 heterocycles. The lowest BCUT2D eigenvalue weighted by molar-refractivity contribution is -0.125. The van der Waals surface area contributed by atoms with E-state index >= 15 is 0 Å². The molecule has 2 atom stereocenters. The van der Waals surface area contributed by atoms with E-state index in [9.17, 15) is 18.3 Å². The minimum absolute atomic E-state index is 0.0746. The van der Waals surface area contributed by atoms with Crippen molar-refractivity contribution in [2.45, 2.75) is 25.4 Å². The van der Waals surface area contributed by atoms with Crippen LogP contribution < -0.4 is 5.32 Å². The molecule has 7 heteroatoms. The molecule has 0 aromatic rings. The zero-order chi connectivity index (χ0) is 13.8. The summed E-state index contributed by atoms with van der Waals surface area (Å²) >= 11 is 0. The standard InChI is InChI=1S/C11H21NO5S/c1-11(14,4-5-17-2)8-12-10(13)9-3-6-18(15,16)7-9/h9,14H,3-8H2,1-2H3,(H,12,13). The largest absolute Gasteiger partial charge is 0.388 e. The first-order valence-electron chi connectivity index (χ1n) is 5.95. The SMILES string of the molecule is COCCC(C)(O)CNC(=O)C1CCS(=O)(=O)C1. The van der Waals surface area contributed by atoms with Gasteiger partial charge in [0.25, 0.3) is 0 Å². The molecule has 18 heavy (non-hydrogen) atoms. The molecule has 1 saturated heterocycles. The predicted molar refractivity (Wildman–Crippen MR) is 66.9 cm³/mol. The Hall–Kier alpha value is -0.660. The molecule has 1 amide bonds. The van der Waals surface area contributed by atoms with Crippen molar-refractivity contribution in [3.8, 4) is 0 Å². The molecular weight excluding hydrogens is 258 g/mol. The van der Waals surface area contributed by atoms with Crippen molar-refractivity contribution in [1.82, 2.24) is 5.32 Å². The summed E-state index contributed by atoms with van der Waals surface area (Å²) in [5.41, 5.74) is -1.04. The van der Waals surface area contributed by atoms with Gasteiger partial charge in [-0.3, -0.25) is 4.79 Å². The van der Waals surface area contributed by atoms with Gasteiger partial charge < -0.3 is 15.2 Å². The fourth-order valence-electron chi connectivity index (χ4n) is 1.83. The van der Waals surface area contributed by atoms with E-state index in [2.05, 4.69) is 5.32 Å². The van der Waals surface area contributed by atoms with Crippen LogP contribution in [0.2, 0.25) is 0 Å². The first-order valence-corrected chi connectivity index (χ1v) is 7.77. The van der Waals surface area contributed by atoms with Gasteiger partial charge in [0.1, 0.15) is 0 Å². The molecule has 0 aromatic heterocycles. The molecule has 0 radical (unpaired) electrons. The Labute approximate surface area is 108 Å². The van der Waals surface area contributed by atoms with Crippen LogP contribution in [0.15, 0.2) is 0 Å². The number of methoxy groups -OCH3 is 1. The lowest BCUT2D eigenvalue weighted by Gasteiger charge is -2.24. The molecule has 2 N–H and O–H groups in total. The average molecular weight is 279 g/mol. The Morgan fingerprint density at radius 3 is 2.72 bits per heavy atom. The Morgan fingerprint density at radius 1 is 1.56 bits per heavy atom. The van der Waals surface area contributed by atoms with Gasteiger partial charge in [-0.25, -0.2) is 8.42 Å². The van der Waals surface area contributed by atoms with E-state index in [0.717, 1.165) is 0 Å². The van der Waals surface area contributed by atoms with Gasteiger partial charge in [-0.05, 0) is 13.3 Å². The first kappa shape index (κ1) is 15.4. The summed E-state index contributed by atoms with van der Waals surface area (Å²) in [5.74, 6) is -0.786. The second kappa shape index (κ2) is 5.99. The molecule has 1 aliphatic rings. The van der Waals surface area contributed by atoms with E-state index in [1.165, 1.54) is 7.11 Å². The summed E-state index contributed by atoms with van der Waals surface area (Å²) in [6.07, 6.45) is 0.779. The summed E-state index contributed by atoms with van der Waals surface area (Å²) in [6, 6.07) is 0. The van der Waals surface area contributed by atoms with Crippen LogP contribution in [0.25, 0.3) is 0 Å². The first-order chi connectivity index (χ1) is 8.26. The quantitative estimate of drug-likeness (QED) is 0.672. The topological polar surface area (TPSA) is 92.7 Å². The number of ether oxygens (including phenoxy) is 1. The van der Waals surface area contributed by atoms with Gasteiger partial charge in [-0.2, -0.15) is 0 Å². The molecule has 0 aromatic carbocycles. The van der Waals surface area contributed by atoms with Gasteiger partial charge in [-0.1, -0.05) is 0 Å². The van der Waals surface area contributed by atoms with Crippen LogP contribution in [0.1, 0.15) is 19.8 Å². The lowest BCUT2D eigenvalue weighted by atomic mass is 10.0. The summed E-state index contributed by atoms with van der Waals surface area (Å²) in [7, 11) is -1.51. The van der Waals surface area contributed by atoms with E-state index in [1.807, 2.05) is 0 Å². The van der Waals surface area contributed by atoms with Crippen molar-refractivity contribution in [3.05, 3.63) is 0 Å². The van der Waals surface area contributed by atoms with Crippen LogP contribution in [0.4, 0.5) is 0 Å². The molecule has 1 rings (SSSR count). The van der Waals surface area contributed by atoms with Crippen molar-refractivity contribution in [2.24, 2.45) is 5.92 Å². The van der Waals surface area contributed by atoms with Crippen LogP contribution in [-0.4, -0.2) is 56.8 Å². The number of hydrogen-bond donors (Lipinski definition) is 2. The molecule has 0 bridgehead atoms. The van der Waals surface area contributed by atoms with Crippen LogP contribution in [0, 0.1) is 5.92 Å². The molecule has 106 valence electrons. The highest BCUT2D eigenvalue weighted by Crippen LogP contribution is 2.18. The number of hydrogen-bond acceptors (Lipinski definition) is 5. The van der Waals surface area contributed by atoms with Gasteiger partial charge in [0.15, 0.2) is 9.84 Å². The lowest BCUT2D eigenvalue weighted by Crippen LogP contribution is -2.43. The summed E-state index contributed by atoms with van der Waals surface area (Å²) in [5, 5.41) is 12.5. The van der Waals surface area contributed by atoms with Crippen molar-refractivity contribution in [2.75, 3.05) is 31.8 Å². The normalized spacial score (nSPS) is 25.6. The number of nitrogens with one attached hydrogen (secondary N) is 1. The highest BCUT2D eigenvalue weighted by atomic mass is 32.2. The summed E-state index contributed by atoms with van der Waals surface area (Å²) < 4.78 is 27.3. The number of aliphatic hydroxyl groups is 1. The van der Waals surface area contributed by atoms with Crippen LogP contribution in [0.3, 0.4) is 0 Å². The zero-order valence-electron chi connectivity index (χ0n) is 10.8. The Bertz CT molecular complexity index is 390. The molecule has 0 saturated carbocycles. The maximum absolute atomic E-state index is 11.7. The monoisotopic (exact) mass is 279 g/mol. The minimum Gasteiger partial charge on any atom is -0.388 e. The number of rotatable bonds is 6. The molecule has 6 nitrogen and oxygen atoms in total. The molecule has 1 fully saturated rings. The van der Waals surface area contributed by atoms with Gasteiger partial charge in [-0.15, -0.1) is 0 Å². The minimum atomic E-state index is -3.05.